The van der Waals surface area contributed by atoms with Gasteiger partial charge < -0.3 is 9.84 Å². The topological polar surface area (TPSA) is 80.0 Å². The molecule has 6 heteroatoms. The summed E-state index contributed by atoms with van der Waals surface area (Å²) in [5.74, 6) is 0.352. The monoisotopic (exact) mass is 254 g/mol. The summed E-state index contributed by atoms with van der Waals surface area (Å²) in [6.07, 6.45) is 3.07. The molecular weight excluding hydrogens is 244 g/mol. The van der Waals surface area contributed by atoms with E-state index in [-0.39, 0.29) is 0 Å². The molecule has 2 N–H and O–H groups in total. The molecule has 0 aliphatic carbocycles. The lowest BCUT2D eigenvalue weighted by Gasteiger charge is -2.07. The number of rotatable bonds is 2. The Balaban J connectivity index is 1.83. The summed E-state index contributed by atoms with van der Waals surface area (Å²) in [5, 5.41) is 9.84. The third kappa shape index (κ3) is 2.37. The summed E-state index contributed by atoms with van der Waals surface area (Å²) < 4.78 is 4.63. The highest BCUT2D eigenvalue weighted by Crippen LogP contribution is 2.20. The van der Waals surface area contributed by atoms with Crippen LogP contribution in [-0.4, -0.2) is 16.2 Å². The van der Waals surface area contributed by atoms with Crippen LogP contribution in [0.2, 0.25) is 0 Å². The predicted octanol–water partition coefficient (Wildman–Crippen LogP) is 2.87. The lowest BCUT2D eigenvalue weighted by Crippen LogP contribution is -2.19. The average Bonchev–Trinajstić information content (AvgIpc) is 2.92. The number of nitrogens with zero attached hydrogens (tertiary/aromatic N) is 2. The molecule has 0 bridgehead atoms. The van der Waals surface area contributed by atoms with Gasteiger partial charge in [0.1, 0.15) is 6.26 Å². The number of aromatic nitrogens is 2. The van der Waals surface area contributed by atoms with Crippen LogP contribution in [0, 0.1) is 0 Å². The second-order valence-corrected chi connectivity index (χ2v) is 3.84. The number of hydrogen-bond acceptors (Lipinski definition) is 4. The van der Waals surface area contributed by atoms with Crippen molar-refractivity contribution in [1.82, 2.24) is 10.1 Å². The maximum absolute atomic E-state index is 11.8. The van der Waals surface area contributed by atoms with Crippen LogP contribution in [0.25, 0.3) is 10.9 Å². The summed E-state index contributed by atoms with van der Waals surface area (Å²) >= 11 is 0. The van der Waals surface area contributed by atoms with E-state index in [1.54, 1.807) is 18.3 Å². The van der Waals surface area contributed by atoms with Gasteiger partial charge in [0.2, 0.25) is 0 Å². The van der Waals surface area contributed by atoms with Gasteiger partial charge in [0.25, 0.3) is 0 Å². The second kappa shape index (κ2) is 4.77. The summed E-state index contributed by atoms with van der Waals surface area (Å²) in [4.78, 5) is 16.0. The van der Waals surface area contributed by atoms with Gasteiger partial charge >= 0.3 is 6.03 Å². The van der Waals surface area contributed by atoms with Gasteiger partial charge in [0, 0.05) is 17.6 Å². The number of carbonyl (C=O) groups is 1. The van der Waals surface area contributed by atoms with Crippen LogP contribution >= 0.6 is 0 Å². The summed E-state index contributed by atoms with van der Waals surface area (Å²) in [6.45, 7) is 0. The van der Waals surface area contributed by atoms with E-state index in [9.17, 15) is 4.79 Å². The molecule has 0 radical (unpaired) electrons. The van der Waals surface area contributed by atoms with Crippen LogP contribution in [0.3, 0.4) is 0 Å². The Morgan fingerprint density at radius 2 is 2.00 bits per heavy atom. The van der Waals surface area contributed by atoms with Crippen molar-refractivity contribution >= 4 is 28.4 Å². The second-order valence-electron chi connectivity index (χ2n) is 3.84. The Kier molecular flexibility index (Phi) is 2.82. The fourth-order valence-electron chi connectivity index (χ4n) is 1.75. The fourth-order valence-corrected chi connectivity index (χ4v) is 1.75. The van der Waals surface area contributed by atoms with E-state index in [4.69, 9.17) is 0 Å². The van der Waals surface area contributed by atoms with Crippen LogP contribution in [0.5, 0.6) is 0 Å². The first-order valence-electron chi connectivity index (χ1n) is 5.65. The van der Waals surface area contributed by atoms with Gasteiger partial charge in [-0.2, -0.15) is 0 Å². The third-order valence-electron chi connectivity index (χ3n) is 2.56. The number of para-hydroxylation sites is 1. The summed E-state index contributed by atoms with van der Waals surface area (Å²) in [7, 11) is 0. The first kappa shape index (κ1) is 11.2. The number of urea groups is 1. The Hall–Kier alpha value is -2.89. The smallest absolute Gasteiger partial charge is 0.325 e. The minimum absolute atomic E-state index is 0.352. The van der Waals surface area contributed by atoms with Crippen molar-refractivity contribution in [3.05, 3.63) is 48.9 Å². The standard InChI is InChI=1S/C13H10N4O2/c18-13(16-11-6-8-19-17-11)15-10-5-1-3-9-4-2-7-14-12(9)10/h1-8H,(H2,15,16,17,18). The van der Waals surface area contributed by atoms with Crippen molar-refractivity contribution in [3.8, 4) is 0 Å². The molecule has 2 amide bonds. The Morgan fingerprint density at radius 1 is 1.11 bits per heavy atom. The zero-order valence-corrected chi connectivity index (χ0v) is 9.83. The van der Waals surface area contributed by atoms with Gasteiger partial charge in [-0.3, -0.25) is 10.3 Å². The molecule has 3 rings (SSSR count). The number of amides is 2. The predicted molar refractivity (Wildman–Crippen MR) is 70.9 cm³/mol. The minimum atomic E-state index is -0.396. The minimum Gasteiger partial charge on any atom is -0.363 e. The number of carbonyl (C=O) groups excluding carboxylic acids is 1. The van der Waals surface area contributed by atoms with E-state index in [2.05, 4.69) is 25.3 Å². The lowest BCUT2D eigenvalue weighted by atomic mass is 10.2. The molecule has 1 aromatic carbocycles. The highest BCUT2D eigenvalue weighted by molar-refractivity contribution is 6.04. The SMILES string of the molecule is O=C(Nc1ccon1)Nc1cccc2cccnc12. The Labute approximate surface area is 108 Å². The molecule has 0 atom stereocenters. The van der Waals surface area contributed by atoms with E-state index < -0.39 is 6.03 Å². The molecule has 94 valence electrons. The first-order chi connectivity index (χ1) is 9.33. The zero-order chi connectivity index (χ0) is 13.1. The van der Waals surface area contributed by atoms with E-state index in [1.165, 1.54) is 6.26 Å². The van der Waals surface area contributed by atoms with E-state index in [0.29, 0.717) is 11.5 Å². The maximum Gasteiger partial charge on any atom is 0.325 e. The Morgan fingerprint density at radius 3 is 2.84 bits per heavy atom. The molecular formula is C13H10N4O2. The number of benzene rings is 1. The molecule has 0 spiro atoms. The van der Waals surface area contributed by atoms with Gasteiger partial charge in [-0.05, 0) is 12.1 Å². The highest BCUT2D eigenvalue weighted by atomic mass is 16.5. The van der Waals surface area contributed by atoms with E-state index in [0.717, 1.165) is 10.9 Å². The zero-order valence-electron chi connectivity index (χ0n) is 9.83. The molecule has 0 unspecified atom stereocenters. The number of anilines is 2. The molecule has 0 saturated heterocycles. The maximum atomic E-state index is 11.8. The highest BCUT2D eigenvalue weighted by Gasteiger charge is 2.07. The number of pyridine rings is 1. The third-order valence-corrected chi connectivity index (χ3v) is 2.56. The molecule has 0 aliphatic rings. The van der Waals surface area contributed by atoms with E-state index in [1.807, 2.05) is 24.3 Å². The molecule has 2 aromatic heterocycles. The number of hydrogen-bond donors (Lipinski definition) is 2. The quantitative estimate of drug-likeness (QED) is 0.736. The van der Waals surface area contributed by atoms with Crippen LogP contribution < -0.4 is 10.6 Å². The van der Waals surface area contributed by atoms with Crippen molar-refractivity contribution in [2.75, 3.05) is 10.6 Å². The van der Waals surface area contributed by atoms with E-state index >= 15 is 0 Å². The van der Waals surface area contributed by atoms with Crippen molar-refractivity contribution in [2.24, 2.45) is 0 Å². The molecule has 3 aromatic rings. The van der Waals surface area contributed by atoms with Gasteiger partial charge in [0.05, 0.1) is 11.2 Å². The fraction of sp³-hybridized carbons (Fsp3) is 0. The van der Waals surface area contributed by atoms with Gasteiger partial charge in [-0.25, -0.2) is 4.79 Å². The largest absolute Gasteiger partial charge is 0.363 e. The molecule has 6 nitrogen and oxygen atoms in total. The van der Waals surface area contributed by atoms with Crippen LogP contribution in [0.15, 0.2) is 53.4 Å². The van der Waals surface area contributed by atoms with Crippen LogP contribution in [0.1, 0.15) is 0 Å². The van der Waals surface area contributed by atoms with Crippen molar-refractivity contribution < 1.29 is 9.32 Å². The number of fused-ring (bicyclic) bond motifs is 1. The normalized spacial score (nSPS) is 10.3. The van der Waals surface area contributed by atoms with Gasteiger partial charge in [0.15, 0.2) is 5.82 Å². The molecule has 2 heterocycles. The number of nitrogens with one attached hydrogen (secondary N) is 2. The lowest BCUT2D eigenvalue weighted by molar-refractivity contribution is 0.262. The van der Waals surface area contributed by atoms with Crippen LogP contribution in [0.4, 0.5) is 16.3 Å². The first-order valence-corrected chi connectivity index (χ1v) is 5.65. The molecule has 0 aliphatic heterocycles. The van der Waals surface area contributed by atoms with Crippen molar-refractivity contribution in [3.63, 3.8) is 0 Å². The van der Waals surface area contributed by atoms with Crippen LogP contribution in [-0.2, 0) is 0 Å². The molecule has 19 heavy (non-hydrogen) atoms. The molecule has 0 saturated carbocycles. The average molecular weight is 254 g/mol. The van der Waals surface area contributed by atoms with Gasteiger partial charge in [-0.1, -0.05) is 23.4 Å². The summed E-state index contributed by atoms with van der Waals surface area (Å²) in [6, 6.07) is 10.5. The van der Waals surface area contributed by atoms with Crippen molar-refractivity contribution in [1.29, 1.82) is 0 Å². The van der Waals surface area contributed by atoms with Gasteiger partial charge in [-0.15, -0.1) is 0 Å². The Bertz CT molecular complexity index is 704. The molecule has 0 fully saturated rings. The summed E-state index contributed by atoms with van der Waals surface area (Å²) in [5.41, 5.74) is 1.37. The van der Waals surface area contributed by atoms with Crippen molar-refractivity contribution in [2.45, 2.75) is 0 Å².